The van der Waals surface area contributed by atoms with Crippen LogP contribution in [0.3, 0.4) is 0 Å². The van der Waals surface area contributed by atoms with Gasteiger partial charge in [-0.25, -0.2) is 4.79 Å². The molecule has 2 N–H and O–H groups in total. The zero-order valence-corrected chi connectivity index (χ0v) is 11.7. The van der Waals surface area contributed by atoms with E-state index in [2.05, 4.69) is 5.32 Å². The lowest BCUT2D eigenvalue weighted by molar-refractivity contribution is -0.142. The van der Waals surface area contributed by atoms with Crippen molar-refractivity contribution in [1.29, 1.82) is 0 Å². The summed E-state index contributed by atoms with van der Waals surface area (Å²) in [7, 11) is 0. The molecule has 0 aliphatic rings. The molecule has 0 spiro atoms. The second-order valence-electron chi connectivity index (χ2n) is 4.54. The Hall–Kier alpha value is -2.34. The van der Waals surface area contributed by atoms with Crippen LogP contribution in [0.1, 0.15) is 22.8 Å². The summed E-state index contributed by atoms with van der Waals surface area (Å²) in [4.78, 5) is 22.3. The van der Waals surface area contributed by atoms with Gasteiger partial charge in [0.15, 0.2) is 0 Å². The number of hydrogen-bond acceptors (Lipinski definition) is 4. The Balaban J connectivity index is 1.97. The molecule has 21 heavy (non-hydrogen) atoms. The average molecular weight is 291 g/mol. The minimum Gasteiger partial charge on any atom is -0.480 e. The number of carbonyl (C=O) groups excluding carboxylic acids is 1. The van der Waals surface area contributed by atoms with Crippen LogP contribution in [0.2, 0.25) is 0 Å². The second-order valence-corrected chi connectivity index (χ2v) is 4.54. The molecular formula is C15H17NO5. The molecule has 0 aliphatic carbocycles. The van der Waals surface area contributed by atoms with Gasteiger partial charge in [0.2, 0.25) is 0 Å². The van der Waals surface area contributed by atoms with Gasteiger partial charge in [0.25, 0.3) is 5.91 Å². The number of carbonyl (C=O) groups is 2. The quantitative estimate of drug-likeness (QED) is 0.760. The number of hydrogen-bond donors (Lipinski definition) is 2. The number of fused-ring (bicyclic) bond motifs is 1. The fraction of sp³-hybridized carbons (Fsp3) is 0.333. The second kappa shape index (κ2) is 6.90. The molecular weight excluding hydrogens is 274 g/mol. The molecule has 6 nitrogen and oxygen atoms in total. The van der Waals surface area contributed by atoms with Gasteiger partial charge in [-0.15, -0.1) is 0 Å². The topological polar surface area (TPSA) is 88.8 Å². The largest absolute Gasteiger partial charge is 0.480 e. The van der Waals surface area contributed by atoms with Crippen LogP contribution < -0.4 is 5.32 Å². The van der Waals surface area contributed by atoms with Crippen molar-refractivity contribution in [3.8, 4) is 0 Å². The zero-order valence-electron chi connectivity index (χ0n) is 11.7. The molecule has 0 saturated heterocycles. The molecule has 1 amide bonds. The first kappa shape index (κ1) is 15.1. The highest BCUT2D eigenvalue weighted by Gasteiger charge is 2.13. The van der Waals surface area contributed by atoms with E-state index in [4.69, 9.17) is 14.3 Å². The average Bonchev–Trinajstić information content (AvgIpc) is 2.89. The molecule has 0 bridgehead atoms. The number of ether oxygens (including phenoxy) is 1. The molecule has 1 aromatic heterocycles. The lowest BCUT2D eigenvalue weighted by Gasteiger charge is -2.04. The van der Waals surface area contributed by atoms with Gasteiger partial charge in [0.1, 0.15) is 18.5 Å². The normalized spacial score (nSPS) is 10.7. The SMILES string of the molecule is CCc1ccc2occ(C(=O)NCCOCC(=O)O)c2c1. The maximum Gasteiger partial charge on any atom is 0.329 e. The first-order valence-electron chi connectivity index (χ1n) is 6.69. The van der Waals surface area contributed by atoms with Crippen molar-refractivity contribution in [2.75, 3.05) is 19.8 Å². The fourth-order valence-corrected chi connectivity index (χ4v) is 1.96. The van der Waals surface area contributed by atoms with E-state index >= 15 is 0 Å². The summed E-state index contributed by atoms with van der Waals surface area (Å²) >= 11 is 0. The van der Waals surface area contributed by atoms with Gasteiger partial charge in [0, 0.05) is 11.9 Å². The zero-order chi connectivity index (χ0) is 15.2. The third-order valence-corrected chi connectivity index (χ3v) is 3.05. The standard InChI is InChI=1S/C15H17NO5/c1-2-10-3-4-13-11(7-10)12(8-21-13)15(19)16-5-6-20-9-14(17)18/h3-4,7-8H,2,5-6,9H2,1H3,(H,16,19)(H,17,18). The summed E-state index contributed by atoms with van der Waals surface area (Å²) < 4.78 is 10.2. The van der Waals surface area contributed by atoms with E-state index in [9.17, 15) is 9.59 Å². The van der Waals surface area contributed by atoms with Gasteiger partial charge in [-0.3, -0.25) is 4.79 Å². The first-order chi connectivity index (χ1) is 10.1. The Morgan fingerprint density at radius 2 is 2.19 bits per heavy atom. The van der Waals surface area contributed by atoms with Crippen LogP contribution in [0.5, 0.6) is 0 Å². The van der Waals surface area contributed by atoms with Crippen LogP contribution in [-0.4, -0.2) is 36.7 Å². The molecule has 1 aromatic carbocycles. The highest BCUT2D eigenvalue weighted by Crippen LogP contribution is 2.22. The highest BCUT2D eigenvalue weighted by atomic mass is 16.5. The van der Waals surface area contributed by atoms with Gasteiger partial charge in [-0.2, -0.15) is 0 Å². The number of furan rings is 1. The molecule has 0 unspecified atom stereocenters. The number of benzene rings is 1. The number of nitrogens with one attached hydrogen (secondary N) is 1. The Morgan fingerprint density at radius 3 is 2.90 bits per heavy atom. The molecule has 6 heteroatoms. The molecule has 2 aromatic rings. The maximum atomic E-state index is 12.1. The smallest absolute Gasteiger partial charge is 0.329 e. The van der Waals surface area contributed by atoms with Crippen LogP contribution in [-0.2, 0) is 16.0 Å². The predicted octanol–water partition coefficient (Wildman–Crippen LogP) is 1.83. The number of aliphatic carboxylic acids is 1. The number of amides is 1. The highest BCUT2D eigenvalue weighted by molar-refractivity contribution is 6.06. The minimum atomic E-state index is -1.03. The molecule has 2 rings (SSSR count). The van der Waals surface area contributed by atoms with E-state index in [1.165, 1.54) is 6.26 Å². The first-order valence-corrected chi connectivity index (χ1v) is 6.69. The van der Waals surface area contributed by atoms with Crippen LogP contribution in [0.4, 0.5) is 0 Å². The summed E-state index contributed by atoms with van der Waals surface area (Å²) in [6.07, 6.45) is 2.31. The van der Waals surface area contributed by atoms with Crippen LogP contribution >= 0.6 is 0 Å². The Labute approximate surface area is 121 Å². The summed E-state index contributed by atoms with van der Waals surface area (Å²) in [5.41, 5.74) is 2.26. The predicted molar refractivity (Wildman–Crippen MR) is 76.4 cm³/mol. The van der Waals surface area contributed by atoms with E-state index < -0.39 is 5.97 Å². The van der Waals surface area contributed by atoms with E-state index in [1.54, 1.807) is 0 Å². The number of rotatable bonds is 7. The third kappa shape index (κ3) is 3.82. The molecule has 0 radical (unpaired) electrons. The number of carboxylic acid groups (broad SMARTS) is 1. The number of carboxylic acids is 1. The van der Waals surface area contributed by atoms with E-state index in [0.717, 1.165) is 17.4 Å². The Morgan fingerprint density at radius 1 is 1.38 bits per heavy atom. The minimum absolute atomic E-state index is 0.147. The number of aryl methyl sites for hydroxylation is 1. The molecule has 0 aliphatic heterocycles. The summed E-state index contributed by atoms with van der Waals surface area (Å²) in [5.74, 6) is -1.30. The van der Waals surface area contributed by atoms with Crippen LogP contribution in [0, 0.1) is 0 Å². The lowest BCUT2D eigenvalue weighted by atomic mass is 10.1. The summed E-state index contributed by atoms with van der Waals surface area (Å²) in [5, 5.41) is 11.9. The van der Waals surface area contributed by atoms with Gasteiger partial charge in [-0.1, -0.05) is 13.0 Å². The van der Waals surface area contributed by atoms with Gasteiger partial charge >= 0.3 is 5.97 Å². The fourth-order valence-electron chi connectivity index (χ4n) is 1.96. The molecule has 112 valence electrons. The Bertz CT molecular complexity index is 647. The van der Waals surface area contributed by atoms with Crippen molar-refractivity contribution < 1.29 is 23.8 Å². The van der Waals surface area contributed by atoms with E-state index in [-0.39, 0.29) is 25.7 Å². The summed E-state index contributed by atoms with van der Waals surface area (Å²) in [6.45, 7) is 2.06. The monoisotopic (exact) mass is 291 g/mol. The van der Waals surface area contributed by atoms with Crippen molar-refractivity contribution in [3.05, 3.63) is 35.6 Å². The maximum absolute atomic E-state index is 12.1. The van der Waals surface area contributed by atoms with Crippen molar-refractivity contribution in [1.82, 2.24) is 5.32 Å². The van der Waals surface area contributed by atoms with Gasteiger partial charge < -0.3 is 19.6 Å². The molecule has 0 atom stereocenters. The molecule has 0 fully saturated rings. The van der Waals surface area contributed by atoms with Crippen LogP contribution in [0.15, 0.2) is 28.9 Å². The van der Waals surface area contributed by atoms with Crippen molar-refractivity contribution in [2.45, 2.75) is 13.3 Å². The van der Waals surface area contributed by atoms with E-state index in [0.29, 0.717) is 11.1 Å². The Kier molecular flexibility index (Phi) is 4.94. The van der Waals surface area contributed by atoms with Crippen molar-refractivity contribution in [2.24, 2.45) is 0 Å². The molecule has 0 saturated carbocycles. The molecule has 1 heterocycles. The van der Waals surface area contributed by atoms with Crippen molar-refractivity contribution in [3.63, 3.8) is 0 Å². The van der Waals surface area contributed by atoms with Gasteiger partial charge in [0.05, 0.1) is 12.2 Å². The van der Waals surface area contributed by atoms with Crippen molar-refractivity contribution >= 4 is 22.8 Å². The van der Waals surface area contributed by atoms with E-state index in [1.807, 2.05) is 25.1 Å². The van der Waals surface area contributed by atoms with Crippen LogP contribution in [0.25, 0.3) is 11.0 Å². The third-order valence-electron chi connectivity index (χ3n) is 3.05. The summed E-state index contributed by atoms with van der Waals surface area (Å²) in [6, 6.07) is 5.75. The lowest BCUT2D eigenvalue weighted by Crippen LogP contribution is -2.27. The van der Waals surface area contributed by atoms with Gasteiger partial charge in [-0.05, 0) is 24.1 Å².